The van der Waals surface area contributed by atoms with E-state index in [2.05, 4.69) is 10.3 Å². The Balaban J connectivity index is 2.32. The number of aryl methyl sites for hydroxylation is 1. The van der Waals surface area contributed by atoms with Crippen molar-refractivity contribution >= 4 is 16.8 Å². The molecule has 0 aliphatic heterocycles. The van der Waals surface area contributed by atoms with Gasteiger partial charge in [0.05, 0.1) is 18.2 Å². The summed E-state index contributed by atoms with van der Waals surface area (Å²) in [5, 5.41) is 3.78. The van der Waals surface area contributed by atoms with Gasteiger partial charge in [-0.05, 0) is 32.0 Å². The summed E-state index contributed by atoms with van der Waals surface area (Å²) in [7, 11) is 1.62. The Hall–Kier alpha value is -2.01. The van der Waals surface area contributed by atoms with Gasteiger partial charge in [-0.3, -0.25) is 4.79 Å². The first-order chi connectivity index (χ1) is 9.17. The van der Waals surface area contributed by atoms with Gasteiger partial charge in [-0.1, -0.05) is 0 Å². The molecule has 2 aromatic rings. The molecule has 5 nitrogen and oxygen atoms in total. The van der Waals surface area contributed by atoms with Crippen LogP contribution >= 0.6 is 0 Å². The average molecular weight is 261 g/mol. The van der Waals surface area contributed by atoms with Crippen LogP contribution in [0.1, 0.15) is 22.5 Å². The van der Waals surface area contributed by atoms with Crippen LogP contribution in [0.3, 0.4) is 0 Å². The van der Waals surface area contributed by atoms with Crippen LogP contribution in [0.5, 0.6) is 5.75 Å². The molecular weight excluding hydrogens is 242 g/mol. The fourth-order valence-electron chi connectivity index (χ4n) is 2.12. The van der Waals surface area contributed by atoms with Gasteiger partial charge in [0.15, 0.2) is 0 Å². The second kappa shape index (κ2) is 5.75. The predicted octanol–water partition coefficient (Wildman–Crippen LogP) is 1.56. The quantitative estimate of drug-likeness (QED) is 0.715. The highest BCUT2D eigenvalue weighted by atomic mass is 16.5. The number of benzene rings is 1. The van der Waals surface area contributed by atoms with Gasteiger partial charge in [-0.25, -0.2) is 0 Å². The van der Waals surface area contributed by atoms with E-state index in [0.29, 0.717) is 18.7 Å². The van der Waals surface area contributed by atoms with Crippen LogP contribution in [0.15, 0.2) is 18.2 Å². The van der Waals surface area contributed by atoms with E-state index in [4.69, 9.17) is 10.5 Å². The van der Waals surface area contributed by atoms with Crippen LogP contribution in [0.2, 0.25) is 0 Å². The molecule has 102 valence electrons. The first-order valence-corrected chi connectivity index (χ1v) is 6.32. The smallest absolute Gasteiger partial charge is 0.253 e. The summed E-state index contributed by atoms with van der Waals surface area (Å²) in [4.78, 5) is 15.4. The third kappa shape index (κ3) is 2.71. The highest BCUT2D eigenvalue weighted by Gasteiger charge is 2.15. The number of nitrogens with two attached hydrogens (primary N) is 1. The molecule has 0 spiro atoms. The van der Waals surface area contributed by atoms with Gasteiger partial charge in [0, 0.05) is 23.7 Å². The molecule has 5 heteroatoms. The van der Waals surface area contributed by atoms with Crippen molar-refractivity contribution in [2.45, 2.75) is 13.3 Å². The van der Waals surface area contributed by atoms with Gasteiger partial charge in [0.25, 0.3) is 5.91 Å². The molecule has 0 aliphatic carbocycles. The molecule has 2 rings (SSSR count). The van der Waals surface area contributed by atoms with E-state index in [0.717, 1.165) is 28.8 Å². The molecule has 1 aromatic carbocycles. The number of carbonyl (C=O) groups excluding carboxylic acids is 1. The van der Waals surface area contributed by atoms with E-state index >= 15 is 0 Å². The number of methoxy groups -OCH3 is 1. The van der Waals surface area contributed by atoms with Crippen molar-refractivity contribution in [1.29, 1.82) is 0 Å². The zero-order valence-electron chi connectivity index (χ0n) is 11.2. The van der Waals surface area contributed by atoms with E-state index in [1.807, 2.05) is 25.1 Å². The van der Waals surface area contributed by atoms with E-state index in [-0.39, 0.29) is 5.91 Å². The third-order valence-corrected chi connectivity index (χ3v) is 3.09. The number of amides is 1. The van der Waals surface area contributed by atoms with Crippen LogP contribution in [0.25, 0.3) is 10.9 Å². The van der Waals surface area contributed by atoms with Crippen LogP contribution < -0.4 is 15.8 Å². The lowest BCUT2D eigenvalue weighted by atomic mass is 10.1. The lowest BCUT2D eigenvalue weighted by molar-refractivity contribution is 0.0954. The number of H-pyrrole nitrogens is 1. The van der Waals surface area contributed by atoms with Gasteiger partial charge in [0.2, 0.25) is 0 Å². The van der Waals surface area contributed by atoms with E-state index in [9.17, 15) is 4.79 Å². The zero-order valence-corrected chi connectivity index (χ0v) is 11.2. The molecule has 0 fully saturated rings. The van der Waals surface area contributed by atoms with Crippen LogP contribution in [-0.2, 0) is 0 Å². The Labute approximate surface area is 112 Å². The molecule has 0 unspecified atom stereocenters. The Morgan fingerprint density at radius 2 is 2.26 bits per heavy atom. The zero-order chi connectivity index (χ0) is 13.8. The summed E-state index contributed by atoms with van der Waals surface area (Å²) < 4.78 is 5.18. The minimum atomic E-state index is -0.0673. The van der Waals surface area contributed by atoms with Crippen molar-refractivity contribution in [2.75, 3.05) is 20.2 Å². The molecule has 1 heterocycles. The number of ether oxygens (including phenoxy) is 1. The number of carbonyl (C=O) groups is 1. The maximum absolute atomic E-state index is 12.2. The van der Waals surface area contributed by atoms with E-state index in [1.54, 1.807) is 7.11 Å². The number of nitrogens with one attached hydrogen (secondary N) is 2. The summed E-state index contributed by atoms with van der Waals surface area (Å²) in [6.45, 7) is 3.06. The van der Waals surface area contributed by atoms with Crippen molar-refractivity contribution in [3.63, 3.8) is 0 Å². The first-order valence-electron chi connectivity index (χ1n) is 6.32. The summed E-state index contributed by atoms with van der Waals surface area (Å²) >= 11 is 0. The number of fused-ring (bicyclic) bond motifs is 1. The van der Waals surface area contributed by atoms with Gasteiger partial charge in [0.1, 0.15) is 5.75 Å². The highest BCUT2D eigenvalue weighted by molar-refractivity contribution is 6.08. The molecule has 1 amide bonds. The number of hydrogen-bond donors (Lipinski definition) is 3. The SMILES string of the molecule is COc1ccc2c(C(=O)NCCCN)c(C)[nH]c2c1. The molecule has 0 radical (unpaired) electrons. The first kappa shape index (κ1) is 13.4. The Morgan fingerprint density at radius 1 is 1.47 bits per heavy atom. The highest BCUT2D eigenvalue weighted by Crippen LogP contribution is 2.25. The normalized spacial score (nSPS) is 10.7. The monoisotopic (exact) mass is 261 g/mol. The summed E-state index contributed by atoms with van der Waals surface area (Å²) in [5.74, 6) is 0.700. The topological polar surface area (TPSA) is 80.1 Å². The summed E-state index contributed by atoms with van der Waals surface area (Å²) in [6.07, 6.45) is 0.779. The molecule has 0 aliphatic rings. The van der Waals surface area contributed by atoms with E-state index < -0.39 is 0 Å². The third-order valence-electron chi connectivity index (χ3n) is 3.09. The van der Waals surface area contributed by atoms with Crippen LogP contribution in [0, 0.1) is 6.92 Å². The van der Waals surface area contributed by atoms with Gasteiger partial charge in [-0.2, -0.15) is 0 Å². The van der Waals surface area contributed by atoms with E-state index in [1.165, 1.54) is 0 Å². The summed E-state index contributed by atoms with van der Waals surface area (Å²) in [5.41, 5.74) is 7.86. The molecule has 0 saturated heterocycles. The van der Waals surface area contributed by atoms with Crippen LogP contribution in [-0.4, -0.2) is 31.1 Å². The molecule has 1 aromatic heterocycles. The van der Waals surface area contributed by atoms with Crippen molar-refractivity contribution in [3.8, 4) is 5.75 Å². The molecule has 0 saturated carbocycles. The Morgan fingerprint density at radius 3 is 2.95 bits per heavy atom. The van der Waals surface area contributed by atoms with Crippen molar-refractivity contribution in [3.05, 3.63) is 29.5 Å². The molecule has 0 bridgehead atoms. The second-order valence-electron chi connectivity index (χ2n) is 4.43. The largest absolute Gasteiger partial charge is 0.497 e. The molecule has 19 heavy (non-hydrogen) atoms. The van der Waals surface area contributed by atoms with Crippen molar-refractivity contribution in [2.24, 2.45) is 5.73 Å². The fourth-order valence-corrected chi connectivity index (χ4v) is 2.12. The lowest BCUT2D eigenvalue weighted by Crippen LogP contribution is -2.26. The minimum Gasteiger partial charge on any atom is -0.497 e. The maximum atomic E-state index is 12.2. The average Bonchev–Trinajstić information content (AvgIpc) is 2.73. The number of rotatable bonds is 5. The van der Waals surface area contributed by atoms with Crippen LogP contribution in [0.4, 0.5) is 0 Å². The molecular formula is C14H19N3O2. The number of aromatic amines is 1. The Bertz CT molecular complexity index is 590. The predicted molar refractivity (Wildman–Crippen MR) is 75.6 cm³/mol. The second-order valence-corrected chi connectivity index (χ2v) is 4.43. The number of hydrogen-bond acceptors (Lipinski definition) is 3. The lowest BCUT2D eigenvalue weighted by Gasteiger charge is -2.04. The van der Waals surface area contributed by atoms with Crippen molar-refractivity contribution < 1.29 is 9.53 Å². The minimum absolute atomic E-state index is 0.0673. The van der Waals surface area contributed by atoms with Gasteiger partial charge >= 0.3 is 0 Å². The molecule has 4 N–H and O–H groups in total. The molecule has 0 atom stereocenters. The fraction of sp³-hybridized carbons (Fsp3) is 0.357. The van der Waals surface area contributed by atoms with Crippen molar-refractivity contribution in [1.82, 2.24) is 10.3 Å². The number of aromatic nitrogens is 1. The standard InChI is InChI=1S/C14H19N3O2/c1-9-13(14(18)16-7-3-6-15)11-5-4-10(19-2)8-12(11)17-9/h4-5,8,17H,3,6-7,15H2,1-2H3,(H,16,18). The Kier molecular flexibility index (Phi) is 4.06. The van der Waals surface area contributed by atoms with Gasteiger partial charge < -0.3 is 20.8 Å². The summed E-state index contributed by atoms with van der Waals surface area (Å²) in [6, 6.07) is 5.64. The maximum Gasteiger partial charge on any atom is 0.253 e. The van der Waals surface area contributed by atoms with Gasteiger partial charge in [-0.15, -0.1) is 0 Å².